The molecule has 0 spiro atoms. The van der Waals surface area contributed by atoms with E-state index in [1.165, 1.54) is 44.9 Å². The summed E-state index contributed by atoms with van der Waals surface area (Å²) < 4.78 is 0. The van der Waals surface area contributed by atoms with Gasteiger partial charge in [-0.25, -0.2) is 0 Å². The van der Waals surface area contributed by atoms with E-state index in [2.05, 4.69) is 19.6 Å². The third-order valence-corrected chi connectivity index (χ3v) is 2.22. The van der Waals surface area contributed by atoms with Crippen LogP contribution in [0, 0.1) is 6.92 Å². The van der Waals surface area contributed by atoms with Gasteiger partial charge in [-0.3, -0.25) is 0 Å². The maximum Gasteiger partial charge on any atom is 0.0402 e. The Morgan fingerprint density at radius 1 is 0.667 bits per heavy atom. The molecule has 0 fully saturated rings. The first kappa shape index (κ1) is 33.5. The predicted molar refractivity (Wildman–Crippen MR) is 94.4 cm³/mol. The Labute approximate surface area is 154 Å². The zero-order valence-electron chi connectivity index (χ0n) is 14.5. The molecule has 0 aromatic rings. The number of aliphatic hydroxyl groups is 3. The molecule has 0 aliphatic heterocycles. The summed E-state index contributed by atoms with van der Waals surface area (Å²) in [6, 6.07) is 0. The van der Waals surface area contributed by atoms with Crippen LogP contribution in [-0.2, 0) is 21.7 Å². The topological polar surface area (TPSA) is 60.7 Å². The maximum atomic E-state index is 7.57. The van der Waals surface area contributed by atoms with Crippen LogP contribution in [0.5, 0.6) is 0 Å². The van der Waals surface area contributed by atoms with Gasteiger partial charge in [0, 0.05) is 41.5 Å². The summed E-state index contributed by atoms with van der Waals surface area (Å²) >= 11 is 4.17. The van der Waals surface area contributed by atoms with Crippen molar-refractivity contribution in [2.24, 2.45) is 0 Å². The predicted octanol–water partition coefficient (Wildman–Crippen LogP) is 3.86. The van der Waals surface area contributed by atoms with Crippen molar-refractivity contribution in [3.05, 3.63) is 6.92 Å². The van der Waals surface area contributed by atoms with Crippen molar-refractivity contribution < 1.29 is 37.0 Å². The van der Waals surface area contributed by atoms with Gasteiger partial charge >= 0.3 is 0 Å². The smallest absolute Gasteiger partial charge is 0.0402 e. The zero-order chi connectivity index (χ0) is 16.5. The van der Waals surface area contributed by atoms with Gasteiger partial charge in [-0.05, 0) is 32.9 Å². The number of hydrogen-bond donors (Lipinski definition) is 4. The first-order valence-electron chi connectivity index (χ1n) is 7.89. The Balaban J connectivity index is -0.0000000711. The van der Waals surface area contributed by atoms with Gasteiger partial charge < -0.3 is 22.2 Å². The van der Waals surface area contributed by atoms with E-state index in [4.69, 9.17) is 15.3 Å². The fourth-order valence-electron chi connectivity index (χ4n) is 1.17. The van der Waals surface area contributed by atoms with Crippen LogP contribution in [-0.4, -0.2) is 40.9 Å². The summed E-state index contributed by atoms with van der Waals surface area (Å²) in [5.74, 6) is 1.05. The van der Waals surface area contributed by atoms with E-state index in [0.29, 0.717) is 0 Å². The van der Waals surface area contributed by atoms with E-state index in [1.54, 1.807) is 20.8 Å². The van der Waals surface area contributed by atoms with Crippen LogP contribution >= 0.6 is 12.6 Å². The van der Waals surface area contributed by atoms with Crippen LogP contribution in [0.1, 0.15) is 72.1 Å². The van der Waals surface area contributed by atoms with Gasteiger partial charge in [0.05, 0.1) is 0 Å². The molecule has 0 saturated carbocycles. The second-order valence-electron chi connectivity index (χ2n) is 4.00. The average Bonchev–Trinajstić information content (AvgIpc) is 2.41. The van der Waals surface area contributed by atoms with E-state index < -0.39 is 0 Å². The van der Waals surface area contributed by atoms with E-state index in [1.807, 2.05) is 0 Å². The molecule has 0 aliphatic carbocycles. The summed E-state index contributed by atoms with van der Waals surface area (Å²) in [6.45, 7) is 9.61. The first-order valence-corrected chi connectivity index (χ1v) is 8.52. The normalized spacial score (nSPS) is 8.00. The fraction of sp³-hybridized carbons (Fsp3) is 0.938. The molecule has 5 heteroatoms. The molecule has 3 N–H and O–H groups in total. The minimum Gasteiger partial charge on any atom is -0.397 e. The van der Waals surface area contributed by atoms with Gasteiger partial charge in [0.25, 0.3) is 0 Å². The van der Waals surface area contributed by atoms with Crippen LogP contribution in [0.4, 0.5) is 0 Å². The van der Waals surface area contributed by atoms with Crippen LogP contribution in [0.25, 0.3) is 0 Å². The van der Waals surface area contributed by atoms with Crippen molar-refractivity contribution in [2.75, 3.05) is 25.6 Å². The van der Waals surface area contributed by atoms with Gasteiger partial charge in [0.1, 0.15) is 0 Å². The van der Waals surface area contributed by atoms with Crippen molar-refractivity contribution in [3.8, 4) is 0 Å². The Kier molecular flexibility index (Phi) is 79.4. The second kappa shape index (κ2) is 49.7. The number of hydrogen-bond acceptors (Lipinski definition) is 4. The molecule has 0 radical (unpaired) electrons. The molecule has 0 aromatic carbocycles. The summed E-state index contributed by atoms with van der Waals surface area (Å²) in [6.07, 6.45) is 10.7. The summed E-state index contributed by atoms with van der Waals surface area (Å²) in [7, 11) is 0. The molecule has 3 nitrogen and oxygen atoms in total. The number of rotatable bonds is 8. The molecular formula is C16H39O3STi-. The Bertz CT molecular complexity index is 96.8. The minimum atomic E-state index is 0. The number of aliphatic hydroxyl groups excluding tert-OH is 3. The number of unbranched alkanes of at least 4 members (excludes halogenated alkanes) is 7. The summed E-state index contributed by atoms with van der Waals surface area (Å²) in [4.78, 5) is 0. The van der Waals surface area contributed by atoms with Crippen molar-refractivity contribution in [1.82, 2.24) is 0 Å². The molecule has 0 unspecified atom stereocenters. The minimum absolute atomic E-state index is 0. The monoisotopic (exact) mass is 359 g/mol. The molecule has 21 heavy (non-hydrogen) atoms. The molecule has 0 heterocycles. The standard InChI is InChI=1S/C10H21S.3C2H6O.Ti/c1-2-3-4-5-6-7-8-9-10-11;3*1-2-3;/h11H,1-10H2;3*3H,2H2,1H3;/q-1;;;;. The van der Waals surface area contributed by atoms with Gasteiger partial charge in [0.15, 0.2) is 0 Å². The second-order valence-corrected chi connectivity index (χ2v) is 4.45. The van der Waals surface area contributed by atoms with Crippen LogP contribution in [0.2, 0.25) is 0 Å². The zero-order valence-corrected chi connectivity index (χ0v) is 16.9. The SMILES string of the molecule is CCO.CCO.CCO.[CH2-]CCCCCCCCCS.[Ti]. The fourth-order valence-corrected chi connectivity index (χ4v) is 1.40. The van der Waals surface area contributed by atoms with Gasteiger partial charge in [-0.15, -0.1) is 0 Å². The van der Waals surface area contributed by atoms with Gasteiger partial charge in [0.2, 0.25) is 0 Å². The van der Waals surface area contributed by atoms with Crippen molar-refractivity contribution >= 4 is 12.6 Å². The Morgan fingerprint density at radius 2 is 0.905 bits per heavy atom. The third-order valence-electron chi connectivity index (χ3n) is 1.91. The largest absolute Gasteiger partial charge is 0.397 e. The van der Waals surface area contributed by atoms with Gasteiger partial charge in [-0.1, -0.05) is 38.5 Å². The van der Waals surface area contributed by atoms with E-state index in [0.717, 1.165) is 12.2 Å². The molecule has 0 rings (SSSR count). The third kappa shape index (κ3) is 94.0. The molecule has 0 saturated heterocycles. The molecule has 0 bridgehead atoms. The van der Waals surface area contributed by atoms with E-state index >= 15 is 0 Å². The molecule has 0 aliphatic rings. The Morgan fingerprint density at radius 3 is 1.14 bits per heavy atom. The number of thiol groups is 1. The molecule has 132 valence electrons. The van der Waals surface area contributed by atoms with Crippen LogP contribution in [0.15, 0.2) is 0 Å². The first-order chi connectivity index (χ1) is 9.66. The van der Waals surface area contributed by atoms with E-state index in [-0.39, 0.29) is 41.5 Å². The maximum absolute atomic E-state index is 7.57. The summed E-state index contributed by atoms with van der Waals surface area (Å²) in [5, 5.41) is 22.7. The molecule has 0 amide bonds. The van der Waals surface area contributed by atoms with Gasteiger partial charge in [-0.2, -0.15) is 19.0 Å². The van der Waals surface area contributed by atoms with E-state index in [9.17, 15) is 0 Å². The van der Waals surface area contributed by atoms with Crippen LogP contribution in [0.3, 0.4) is 0 Å². The quantitative estimate of drug-likeness (QED) is 0.230. The van der Waals surface area contributed by atoms with Crippen molar-refractivity contribution in [1.29, 1.82) is 0 Å². The molecule has 0 atom stereocenters. The van der Waals surface area contributed by atoms with Crippen molar-refractivity contribution in [2.45, 2.75) is 72.1 Å². The van der Waals surface area contributed by atoms with Crippen molar-refractivity contribution in [3.63, 3.8) is 0 Å². The summed E-state index contributed by atoms with van der Waals surface area (Å²) in [5.41, 5.74) is 0. The Hall–Kier alpha value is 0.944. The van der Waals surface area contributed by atoms with Crippen LogP contribution < -0.4 is 0 Å². The molecule has 0 aromatic heterocycles. The molecular weight excluding hydrogens is 320 g/mol. The average molecular weight is 359 g/mol.